The number of anilines is 1. The maximum Gasteiger partial charge on any atom is 0.253 e. The smallest absolute Gasteiger partial charge is 0.253 e. The van der Waals surface area contributed by atoms with Crippen molar-refractivity contribution in [3.8, 4) is 11.1 Å². The van der Waals surface area contributed by atoms with Gasteiger partial charge in [-0.2, -0.15) is 0 Å². The molecule has 0 aromatic heterocycles. The average Bonchev–Trinajstić information content (AvgIpc) is 2.79. The maximum atomic E-state index is 12.9. The molecule has 4 rings (SSSR count). The zero-order valence-corrected chi connectivity index (χ0v) is 17.3. The van der Waals surface area contributed by atoms with Crippen molar-refractivity contribution in [2.75, 3.05) is 31.1 Å². The van der Waals surface area contributed by atoms with E-state index in [0.29, 0.717) is 18.7 Å². The fourth-order valence-corrected chi connectivity index (χ4v) is 4.21. The summed E-state index contributed by atoms with van der Waals surface area (Å²) in [5, 5.41) is 5.22. The van der Waals surface area contributed by atoms with Crippen LogP contribution in [0.3, 0.4) is 0 Å². The van der Waals surface area contributed by atoms with Gasteiger partial charge in [0.15, 0.2) is 0 Å². The van der Waals surface area contributed by atoms with Crippen LogP contribution >= 0.6 is 0 Å². The number of hydrogen-bond donors (Lipinski definition) is 1. The van der Waals surface area contributed by atoms with E-state index in [0.717, 1.165) is 24.2 Å². The molecule has 3 aromatic rings. The van der Waals surface area contributed by atoms with Gasteiger partial charge in [-0.1, -0.05) is 42.5 Å². The predicted molar refractivity (Wildman–Crippen MR) is 118 cm³/mol. The Bertz CT molecular complexity index is 1140. The predicted octanol–water partition coefficient (Wildman–Crippen LogP) is 2.96. The van der Waals surface area contributed by atoms with E-state index in [1.54, 1.807) is 18.2 Å². The van der Waals surface area contributed by atoms with Crippen LogP contribution in [0.4, 0.5) is 5.69 Å². The molecule has 7 heteroatoms. The van der Waals surface area contributed by atoms with Crippen molar-refractivity contribution in [2.45, 2.75) is 4.90 Å². The Kier molecular flexibility index (Phi) is 5.57. The second-order valence-electron chi connectivity index (χ2n) is 7.26. The number of amides is 1. The van der Waals surface area contributed by atoms with E-state index >= 15 is 0 Å². The Morgan fingerprint density at radius 1 is 0.767 bits per heavy atom. The number of primary sulfonamides is 1. The fourth-order valence-electron chi connectivity index (χ4n) is 3.65. The lowest BCUT2D eigenvalue weighted by Crippen LogP contribution is -2.48. The number of benzene rings is 3. The van der Waals surface area contributed by atoms with Crippen LogP contribution in [0.2, 0.25) is 0 Å². The molecule has 1 heterocycles. The molecule has 30 heavy (non-hydrogen) atoms. The molecule has 0 unspecified atom stereocenters. The van der Waals surface area contributed by atoms with Crippen LogP contribution in [-0.4, -0.2) is 45.4 Å². The summed E-state index contributed by atoms with van der Waals surface area (Å²) in [6, 6.07) is 23.9. The highest BCUT2D eigenvalue weighted by Crippen LogP contribution is 2.23. The molecule has 6 nitrogen and oxygen atoms in total. The highest BCUT2D eigenvalue weighted by Gasteiger charge is 2.22. The molecule has 1 aliphatic heterocycles. The molecule has 0 radical (unpaired) electrons. The Morgan fingerprint density at radius 3 is 2.07 bits per heavy atom. The van der Waals surface area contributed by atoms with Gasteiger partial charge < -0.3 is 9.80 Å². The lowest BCUT2D eigenvalue weighted by molar-refractivity contribution is 0.0747. The zero-order valence-electron chi connectivity index (χ0n) is 16.4. The van der Waals surface area contributed by atoms with Gasteiger partial charge in [0.25, 0.3) is 5.91 Å². The summed E-state index contributed by atoms with van der Waals surface area (Å²) in [6.45, 7) is 2.94. The second-order valence-corrected chi connectivity index (χ2v) is 8.83. The molecule has 1 saturated heterocycles. The number of carbonyl (C=O) groups excluding carboxylic acids is 1. The molecule has 1 amide bonds. The van der Waals surface area contributed by atoms with Crippen molar-refractivity contribution >= 4 is 21.6 Å². The summed E-state index contributed by atoms with van der Waals surface area (Å²) < 4.78 is 23.1. The molecule has 3 aromatic carbocycles. The minimum atomic E-state index is -3.76. The first kappa shape index (κ1) is 20.1. The molecule has 0 atom stereocenters. The molecule has 0 bridgehead atoms. The molecule has 2 N–H and O–H groups in total. The number of carbonyl (C=O) groups is 1. The third kappa shape index (κ3) is 4.37. The summed E-state index contributed by atoms with van der Waals surface area (Å²) in [7, 11) is -3.76. The SMILES string of the molecule is NS(=O)(=O)c1cccc(-c2ccc(C(=O)N3CCN(c4ccccc4)CC3)cc2)c1. The van der Waals surface area contributed by atoms with Gasteiger partial charge in [0.2, 0.25) is 10.0 Å². The molecule has 0 spiro atoms. The molecule has 154 valence electrons. The maximum absolute atomic E-state index is 12.9. The lowest BCUT2D eigenvalue weighted by atomic mass is 10.0. The number of sulfonamides is 1. The average molecular weight is 422 g/mol. The monoisotopic (exact) mass is 421 g/mol. The number of rotatable bonds is 4. The topological polar surface area (TPSA) is 83.7 Å². The highest BCUT2D eigenvalue weighted by atomic mass is 32.2. The molecule has 0 aliphatic carbocycles. The quantitative estimate of drug-likeness (QED) is 0.702. The van der Waals surface area contributed by atoms with Gasteiger partial charge in [0, 0.05) is 37.4 Å². The van der Waals surface area contributed by atoms with Crippen LogP contribution in [0.1, 0.15) is 10.4 Å². The van der Waals surface area contributed by atoms with Crippen molar-refractivity contribution in [2.24, 2.45) is 5.14 Å². The van der Waals surface area contributed by atoms with Crippen LogP contribution in [0.25, 0.3) is 11.1 Å². The van der Waals surface area contributed by atoms with E-state index in [1.807, 2.05) is 41.3 Å². The highest BCUT2D eigenvalue weighted by molar-refractivity contribution is 7.89. The van der Waals surface area contributed by atoms with Gasteiger partial charge >= 0.3 is 0 Å². The zero-order chi connectivity index (χ0) is 21.1. The molecule has 1 aliphatic rings. The molecular weight excluding hydrogens is 398 g/mol. The van der Waals surface area contributed by atoms with Crippen molar-refractivity contribution in [3.05, 3.63) is 84.4 Å². The number of para-hydroxylation sites is 1. The van der Waals surface area contributed by atoms with E-state index in [2.05, 4.69) is 17.0 Å². The second kappa shape index (κ2) is 8.30. The largest absolute Gasteiger partial charge is 0.368 e. The first-order chi connectivity index (χ1) is 14.4. The Labute approximate surface area is 176 Å². The minimum Gasteiger partial charge on any atom is -0.368 e. The third-order valence-electron chi connectivity index (χ3n) is 5.32. The van der Waals surface area contributed by atoms with E-state index < -0.39 is 10.0 Å². The summed E-state index contributed by atoms with van der Waals surface area (Å²) in [5.41, 5.74) is 3.35. The van der Waals surface area contributed by atoms with Gasteiger partial charge in [-0.25, -0.2) is 13.6 Å². The third-order valence-corrected chi connectivity index (χ3v) is 6.23. The Hall–Kier alpha value is -3.16. The van der Waals surface area contributed by atoms with E-state index in [9.17, 15) is 13.2 Å². The van der Waals surface area contributed by atoms with Crippen LogP contribution in [-0.2, 0) is 10.0 Å². The van der Waals surface area contributed by atoms with Gasteiger partial charge in [-0.15, -0.1) is 0 Å². The normalized spacial score (nSPS) is 14.6. The van der Waals surface area contributed by atoms with Gasteiger partial charge in [0.05, 0.1) is 4.90 Å². The number of hydrogen-bond acceptors (Lipinski definition) is 4. The van der Waals surface area contributed by atoms with Crippen LogP contribution in [0.5, 0.6) is 0 Å². The van der Waals surface area contributed by atoms with Crippen molar-refractivity contribution in [3.63, 3.8) is 0 Å². The molecule has 1 fully saturated rings. The Balaban J connectivity index is 1.44. The van der Waals surface area contributed by atoms with Crippen LogP contribution in [0, 0.1) is 0 Å². The molecular formula is C23H23N3O3S. The van der Waals surface area contributed by atoms with E-state index in [1.165, 1.54) is 17.8 Å². The fraction of sp³-hybridized carbons (Fsp3) is 0.174. The summed E-state index contributed by atoms with van der Waals surface area (Å²) in [4.78, 5) is 17.1. The molecule has 0 saturated carbocycles. The van der Waals surface area contributed by atoms with Crippen molar-refractivity contribution in [1.29, 1.82) is 0 Å². The van der Waals surface area contributed by atoms with Crippen molar-refractivity contribution in [1.82, 2.24) is 4.90 Å². The van der Waals surface area contributed by atoms with Crippen LogP contribution in [0.15, 0.2) is 83.8 Å². The van der Waals surface area contributed by atoms with Crippen molar-refractivity contribution < 1.29 is 13.2 Å². The summed E-state index contributed by atoms with van der Waals surface area (Å²) >= 11 is 0. The first-order valence-electron chi connectivity index (χ1n) is 9.74. The lowest BCUT2D eigenvalue weighted by Gasteiger charge is -2.36. The van der Waals surface area contributed by atoms with E-state index in [4.69, 9.17) is 5.14 Å². The first-order valence-corrected chi connectivity index (χ1v) is 11.3. The Morgan fingerprint density at radius 2 is 1.43 bits per heavy atom. The van der Waals surface area contributed by atoms with Gasteiger partial charge in [-0.3, -0.25) is 4.79 Å². The number of piperazine rings is 1. The van der Waals surface area contributed by atoms with Crippen LogP contribution < -0.4 is 10.0 Å². The summed E-state index contributed by atoms with van der Waals surface area (Å²) in [5.74, 6) is 0.00699. The summed E-state index contributed by atoms with van der Waals surface area (Å²) in [6.07, 6.45) is 0. The van der Waals surface area contributed by atoms with Gasteiger partial charge in [0.1, 0.15) is 0 Å². The van der Waals surface area contributed by atoms with E-state index in [-0.39, 0.29) is 10.8 Å². The van der Waals surface area contributed by atoms with Gasteiger partial charge in [-0.05, 0) is 47.5 Å². The minimum absolute atomic E-state index is 0.00699. The number of nitrogens with two attached hydrogens (primary N) is 1. The standard InChI is InChI=1S/C23H23N3O3S/c24-30(28,29)22-8-4-5-20(17-22)18-9-11-19(12-10-18)23(27)26-15-13-25(14-16-26)21-6-2-1-3-7-21/h1-12,17H,13-16H2,(H2,24,28,29). The number of nitrogens with zero attached hydrogens (tertiary/aromatic N) is 2.